The summed E-state index contributed by atoms with van der Waals surface area (Å²) in [6.45, 7) is 11.6. The summed E-state index contributed by atoms with van der Waals surface area (Å²) in [7, 11) is 0. The molecule has 26 heavy (non-hydrogen) atoms. The Morgan fingerprint density at radius 1 is 1.08 bits per heavy atom. The van der Waals surface area contributed by atoms with Gasteiger partial charge in [0.25, 0.3) is 0 Å². The first-order valence-corrected chi connectivity index (χ1v) is 10.7. The molecule has 2 aromatic heterocycles. The largest absolute Gasteiger partial charge is 0.303 e. The fourth-order valence-electron chi connectivity index (χ4n) is 3.06. The van der Waals surface area contributed by atoms with Gasteiger partial charge in [0.2, 0.25) is 0 Å². The standard InChI is InChI=1S/C20H24FN3S2/c1-5-24(6-2)11-12-25-19-18-17(15-7-9-16(21)10-8-15)13(3)26-20(18)23-14(4)22-19/h7-10H,5-6,11-12H2,1-4H3. The van der Waals surface area contributed by atoms with Crippen molar-refractivity contribution in [3.05, 3.63) is 40.8 Å². The van der Waals surface area contributed by atoms with Crippen molar-refractivity contribution in [1.29, 1.82) is 0 Å². The van der Waals surface area contributed by atoms with Crippen LogP contribution in [0.3, 0.4) is 0 Å². The maximum Gasteiger partial charge on any atom is 0.129 e. The van der Waals surface area contributed by atoms with Crippen molar-refractivity contribution in [2.75, 3.05) is 25.4 Å². The van der Waals surface area contributed by atoms with E-state index in [0.717, 1.165) is 57.6 Å². The Hall–Kier alpha value is -1.50. The SMILES string of the molecule is CCN(CC)CCSc1nc(C)nc2sc(C)c(-c3ccc(F)cc3)c12. The van der Waals surface area contributed by atoms with Crippen LogP contribution in [-0.2, 0) is 0 Å². The van der Waals surface area contributed by atoms with E-state index >= 15 is 0 Å². The molecule has 1 aromatic carbocycles. The summed E-state index contributed by atoms with van der Waals surface area (Å²) in [6.07, 6.45) is 0. The highest BCUT2D eigenvalue weighted by Gasteiger charge is 2.18. The van der Waals surface area contributed by atoms with Gasteiger partial charge in [0.05, 0.1) is 5.39 Å². The van der Waals surface area contributed by atoms with Gasteiger partial charge in [0, 0.05) is 22.7 Å². The summed E-state index contributed by atoms with van der Waals surface area (Å²) < 4.78 is 13.4. The fourth-order valence-corrected chi connectivity index (χ4v) is 5.30. The van der Waals surface area contributed by atoms with Gasteiger partial charge in [0.1, 0.15) is 21.5 Å². The Kier molecular flexibility index (Phi) is 6.27. The lowest BCUT2D eigenvalue weighted by Crippen LogP contribution is -2.25. The van der Waals surface area contributed by atoms with E-state index in [4.69, 9.17) is 4.98 Å². The van der Waals surface area contributed by atoms with Gasteiger partial charge in [-0.05, 0) is 44.6 Å². The van der Waals surface area contributed by atoms with Gasteiger partial charge in [-0.1, -0.05) is 26.0 Å². The van der Waals surface area contributed by atoms with Crippen LogP contribution in [0.25, 0.3) is 21.3 Å². The van der Waals surface area contributed by atoms with Gasteiger partial charge >= 0.3 is 0 Å². The van der Waals surface area contributed by atoms with Crippen LogP contribution in [0.5, 0.6) is 0 Å². The normalized spacial score (nSPS) is 11.6. The second-order valence-electron chi connectivity index (χ2n) is 6.17. The van der Waals surface area contributed by atoms with Crippen molar-refractivity contribution in [3.8, 4) is 11.1 Å². The van der Waals surface area contributed by atoms with Crippen molar-refractivity contribution in [1.82, 2.24) is 14.9 Å². The minimum absolute atomic E-state index is 0.216. The minimum atomic E-state index is -0.216. The Labute approximate surface area is 162 Å². The number of nitrogens with zero attached hydrogens (tertiary/aromatic N) is 3. The molecule has 2 heterocycles. The lowest BCUT2D eigenvalue weighted by molar-refractivity contribution is 0.324. The third-order valence-electron chi connectivity index (χ3n) is 4.48. The smallest absolute Gasteiger partial charge is 0.129 e. The molecule has 0 aliphatic heterocycles. The van der Waals surface area contributed by atoms with E-state index in [1.807, 2.05) is 19.1 Å². The maximum atomic E-state index is 13.4. The van der Waals surface area contributed by atoms with E-state index in [1.54, 1.807) is 23.1 Å². The molecule has 6 heteroatoms. The van der Waals surface area contributed by atoms with Crippen LogP contribution in [-0.4, -0.2) is 40.3 Å². The lowest BCUT2D eigenvalue weighted by Gasteiger charge is -2.17. The zero-order valence-corrected chi connectivity index (χ0v) is 17.3. The first kappa shape index (κ1) is 19.3. The molecule has 3 aromatic rings. The molecular weight excluding hydrogens is 365 g/mol. The Balaban J connectivity index is 2.01. The Morgan fingerprint density at radius 3 is 2.42 bits per heavy atom. The molecule has 0 N–H and O–H groups in total. The summed E-state index contributed by atoms with van der Waals surface area (Å²) in [5.74, 6) is 1.58. The molecule has 0 aliphatic rings. The Bertz CT molecular complexity index is 886. The molecule has 0 atom stereocenters. The molecule has 0 amide bonds. The molecule has 0 spiro atoms. The summed E-state index contributed by atoms with van der Waals surface area (Å²) in [5.41, 5.74) is 2.16. The van der Waals surface area contributed by atoms with Crippen LogP contribution in [0.2, 0.25) is 0 Å². The van der Waals surface area contributed by atoms with Crippen LogP contribution in [0, 0.1) is 19.7 Å². The third kappa shape index (κ3) is 4.08. The van der Waals surface area contributed by atoms with Gasteiger partial charge in [-0.3, -0.25) is 0 Å². The first-order chi connectivity index (χ1) is 12.5. The van der Waals surface area contributed by atoms with E-state index in [-0.39, 0.29) is 5.82 Å². The Morgan fingerprint density at radius 2 is 1.77 bits per heavy atom. The summed E-state index contributed by atoms with van der Waals surface area (Å²) >= 11 is 3.47. The highest BCUT2D eigenvalue weighted by Crippen LogP contribution is 2.41. The molecule has 3 rings (SSSR count). The van der Waals surface area contributed by atoms with Crippen LogP contribution in [0.4, 0.5) is 4.39 Å². The monoisotopic (exact) mass is 389 g/mol. The van der Waals surface area contributed by atoms with Gasteiger partial charge in [0.15, 0.2) is 0 Å². The van der Waals surface area contributed by atoms with E-state index in [0.29, 0.717) is 0 Å². The number of rotatable bonds is 7. The molecule has 0 fully saturated rings. The minimum Gasteiger partial charge on any atom is -0.303 e. The second-order valence-corrected chi connectivity index (χ2v) is 8.46. The fraction of sp³-hybridized carbons (Fsp3) is 0.400. The molecule has 0 aliphatic carbocycles. The molecule has 0 saturated heterocycles. The molecule has 138 valence electrons. The number of hydrogen-bond donors (Lipinski definition) is 0. The van der Waals surface area contributed by atoms with Gasteiger partial charge in [-0.2, -0.15) is 0 Å². The quantitative estimate of drug-likeness (QED) is 0.391. The molecular formula is C20H24FN3S2. The molecule has 0 bridgehead atoms. The van der Waals surface area contributed by atoms with Crippen LogP contribution in [0.1, 0.15) is 24.5 Å². The van der Waals surface area contributed by atoms with Crippen molar-refractivity contribution in [2.45, 2.75) is 32.7 Å². The third-order valence-corrected chi connectivity index (χ3v) is 6.43. The summed E-state index contributed by atoms with van der Waals surface area (Å²) in [6, 6.07) is 6.71. The predicted octanol–water partition coefficient (Wildman–Crippen LogP) is 5.55. The topological polar surface area (TPSA) is 29.0 Å². The average Bonchev–Trinajstić information content (AvgIpc) is 2.95. The van der Waals surface area contributed by atoms with Crippen molar-refractivity contribution in [2.24, 2.45) is 0 Å². The van der Waals surface area contributed by atoms with Crippen LogP contribution >= 0.6 is 23.1 Å². The average molecular weight is 390 g/mol. The number of thiophene rings is 1. The van der Waals surface area contributed by atoms with Crippen LogP contribution in [0.15, 0.2) is 29.3 Å². The molecule has 3 nitrogen and oxygen atoms in total. The van der Waals surface area contributed by atoms with E-state index in [2.05, 4.69) is 30.7 Å². The lowest BCUT2D eigenvalue weighted by atomic mass is 10.0. The number of aromatic nitrogens is 2. The zero-order chi connectivity index (χ0) is 18.7. The summed E-state index contributed by atoms with van der Waals surface area (Å²) in [5, 5.41) is 2.14. The molecule has 0 unspecified atom stereocenters. The summed E-state index contributed by atoms with van der Waals surface area (Å²) in [4.78, 5) is 14.0. The number of halogens is 1. The number of benzene rings is 1. The van der Waals surface area contributed by atoms with Crippen molar-refractivity contribution < 1.29 is 4.39 Å². The van der Waals surface area contributed by atoms with Gasteiger partial charge in [-0.25, -0.2) is 14.4 Å². The first-order valence-electron chi connectivity index (χ1n) is 8.92. The highest BCUT2D eigenvalue weighted by atomic mass is 32.2. The van der Waals surface area contributed by atoms with Gasteiger partial charge in [-0.15, -0.1) is 23.1 Å². The molecule has 0 radical (unpaired) electrons. The number of aryl methyl sites for hydroxylation is 2. The number of thioether (sulfide) groups is 1. The van der Waals surface area contributed by atoms with Crippen molar-refractivity contribution in [3.63, 3.8) is 0 Å². The predicted molar refractivity (Wildman–Crippen MR) is 111 cm³/mol. The highest BCUT2D eigenvalue weighted by molar-refractivity contribution is 7.99. The second kappa shape index (κ2) is 8.46. The van der Waals surface area contributed by atoms with E-state index in [1.165, 1.54) is 17.0 Å². The van der Waals surface area contributed by atoms with Gasteiger partial charge < -0.3 is 4.90 Å². The zero-order valence-electron chi connectivity index (χ0n) is 15.7. The molecule has 0 saturated carbocycles. The number of hydrogen-bond acceptors (Lipinski definition) is 5. The van der Waals surface area contributed by atoms with Crippen molar-refractivity contribution >= 4 is 33.3 Å². The van der Waals surface area contributed by atoms with E-state index in [9.17, 15) is 4.39 Å². The van der Waals surface area contributed by atoms with Crippen LogP contribution < -0.4 is 0 Å². The maximum absolute atomic E-state index is 13.4. The van der Waals surface area contributed by atoms with E-state index < -0.39 is 0 Å². The number of fused-ring (bicyclic) bond motifs is 1.